The third kappa shape index (κ3) is 4.48. The molecule has 1 aliphatic rings. The van der Waals surface area contributed by atoms with Crippen LogP contribution in [0.5, 0.6) is 0 Å². The summed E-state index contributed by atoms with van der Waals surface area (Å²) >= 11 is 0. The summed E-state index contributed by atoms with van der Waals surface area (Å²) in [6.07, 6.45) is 3.88. The highest BCUT2D eigenvalue weighted by atomic mass is 16.2. The number of likely N-dealkylation sites (tertiary alicyclic amines) is 1. The van der Waals surface area contributed by atoms with E-state index < -0.39 is 0 Å². The first-order valence-electron chi connectivity index (χ1n) is 7.41. The number of urea groups is 1. The van der Waals surface area contributed by atoms with E-state index in [4.69, 9.17) is 0 Å². The molecular formula is C16H23N3O2. The van der Waals surface area contributed by atoms with Gasteiger partial charge in [0.2, 0.25) is 5.91 Å². The van der Waals surface area contributed by atoms with Gasteiger partial charge in [-0.25, -0.2) is 4.79 Å². The predicted octanol–water partition coefficient (Wildman–Crippen LogP) is 2.34. The molecule has 1 aromatic rings. The fourth-order valence-electron chi connectivity index (χ4n) is 2.37. The number of hydrogen-bond acceptors (Lipinski definition) is 2. The molecule has 0 spiro atoms. The van der Waals surface area contributed by atoms with Crippen molar-refractivity contribution in [2.45, 2.75) is 25.7 Å². The molecule has 5 nitrogen and oxygen atoms in total. The molecule has 3 amide bonds. The van der Waals surface area contributed by atoms with E-state index in [-0.39, 0.29) is 11.9 Å². The highest BCUT2D eigenvalue weighted by Gasteiger charge is 2.16. The maximum Gasteiger partial charge on any atom is 0.321 e. The SMILES string of the molecule is CN(C)C(=O)Nc1ccc(CC(=O)N2CCCCC2)cc1. The summed E-state index contributed by atoms with van der Waals surface area (Å²) in [7, 11) is 3.39. The van der Waals surface area contributed by atoms with Gasteiger partial charge in [-0.2, -0.15) is 0 Å². The van der Waals surface area contributed by atoms with Gasteiger partial charge in [-0.15, -0.1) is 0 Å². The van der Waals surface area contributed by atoms with Crippen LogP contribution >= 0.6 is 0 Å². The van der Waals surface area contributed by atoms with E-state index in [2.05, 4.69) is 5.32 Å². The maximum absolute atomic E-state index is 12.2. The normalized spacial score (nSPS) is 14.7. The summed E-state index contributed by atoms with van der Waals surface area (Å²) in [4.78, 5) is 27.1. The number of carbonyl (C=O) groups is 2. The topological polar surface area (TPSA) is 52.7 Å². The summed E-state index contributed by atoms with van der Waals surface area (Å²) in [5, 5.41) is 2.78. The second-order valence-corrected chi connectivity index (χ2v) is 5.64. The lowest BCUT2D eigenvalue weighted by molar-refractivity contribution is -0.131. The molecule has 0 atom stereocenters. The lowest BCUT2D eigenvalue weighted by atomic mass is 10.1. The third-order valence-electron chi connectivity index (χ3n) is 3.68. The number of rotatable bonds is 3. The summed E-state index contributed by atoms with van der Waals surface area (Å²) in [5.41, 5.74) is 1.72. The van der Waals surface area contributed by atoms with Crippen LogP contribution in [0, 0.1) is 0 Å². The average Bonchev–Trinajstić information content (AvgIpc) is 2.50. The smallest absolute Gasteiger partial charge is 0.321 e. The van der Waals surface area contributed by atoms with E-state index in [9.17, 15) is 9.59 Å². The highest BCUT2D eigenvalue weighted by Crippen LogP contribution is 2.14. The van der Waals surface area contributed by atoms with Gasteiger partial charge in [0.1, 0.15) is 0 Å². The minimum absolute atomic E-state index is 0.160. The van der Waals surface area contributed by atoms with Crippen molar-refractivity contribution >= 4 is 17.6 Å². The molecule has 1 aromatic carbocycles. The Hall–Kier alpha value is -2.04. The summed E-state index contributed by atoms with van der Waals surface area (Å²) in [5.74, 6) is 0.194. The zero-order valence-electron chi connectivity index (χ0n) is 12.8. The number of nitrogens with zero attached hydrogens (tertiary/aromatic N) is 2. The van der Waals surface area contributed by atoms with Gasteiger partial charge in [-0.05, 0) is 37.0 Å². The van der Waals surface area contributed by atoms with Gasteiger partial charge in [0.05, 0.1) is 6.42 Å². The van der Waals surface area contributed by atoms with E-state index in [0.717, 1.165) is 37.2 Å². The van der Waals surface area contributed by atoms with Crippen molar-refractivity contribution in [2.24, 2.45) is 0 Å². The van der Waals surface area contributed by atoms with Crippen molar-refractivity contribution in [3.63, 3.8) is 0 Å². The number of anilines is 1. The van der Waals surface area contributed by atoms with Crippen LogP contribution in [0.1, 0.15) is 24.8 Å². The molecule has 1 aliphatic heterocycles. The molecule has 0 bridgehead atoms. The quantitative estimate of drug-likeness (QED) is 0.928. The Kier molecular flexibility index (Phi) is 5.20. The maximum atomic E-state index is 12.2. The van der Waals surface area contributed by atoms with Gasteiger partial charge in [0.25, 0.3) is 0 Å². The minimum Gasteiger partial charge on any atom is -0.342 e. The Morgan fingerprint density at radius 3 is 2.29 bits per heavy atom. The van der Waals surface area contributed by atoms with E-state index in [1.807, 2.05) is 29.2 Å². The van der Waals surface area contributed by atoms with E-state index in [1.165, 1.54) is 11.3 Å². The zero-order chi connectivity index (χ0) is 15.2. The number of piperidine rings is 1. The second-order valence-electron chi connectivity index (χ2n) is 5.64. The van der Waals surface area contributed by atoms with Gasteiger partial charge in [-0.3, -0.25) is 4.79 Å². The molecule has 0 aliphatic carbocycles. The van der Waals surface area contributed by atoms with E-state index in [0.29, 0.717) is 6.42 Å². The van der Waals surface area contributed by atoms with Gasteiger partial charge >= 0.3 is 6.03 Å². The number of carbonyl (C=O) groups excluding carboxylic acids is 2. The molecule has 1 fully saturated rings. The lowest BCUT2D eigenvalue weighted by Gasteiger charge is -2.26. The molecule has 2 rings (SSSR count). The summed E-state index contributed by atoms with van der Waals surface area (Å²) < 4.78 is 0. The molecule has 1 N–H and O–H groups in total. The van der Waals surface area contributed by atoms with Crippen LogP contribution in [0.25, 0.3) is 0 Å². The molecule has 0 unspecified atom stereocenters. The van der Waals surface area contributed by atoms with Crippen molar-refractivity contribution in [3.8, 4) is 0 Å². The van der Waals surface area contributed by atoms with Crippen molar-refractivity contribution < 1.29 is 9.59 Å². The van der Waals surface area contributed by atoms with Crippen molar-refractivity contribution in [1.82, 2.24) is 9.80 Å². The van der Waals surface area contributed by atoms with Crippen LogP contribution in [0.4, 0.5) is 10.5 Å². The molecule has 1 saturated heterocycles. The van der Waals surface area contributed by atoms with Gasteiger partial charge in [0, 0.05) is 32.9 Å². The van der Waals surface area contributed by atoms with Crippen molar-refractivity contribution in [1.29, 1.82) is 0 Å². The van der Waals surface area contributed by atoms with Crippen LogP contribution in [0.3, 0.4) is 0 Å². The van der Waals surface area contributed by atoms with Gasteiger partial charge in [0.15, 0.2) is 0 Å². The summed E-state index contributed by atoms with van der Waals surface area (Å²) in [6, 6.07) is 7.30. The standard InChI is InChI=1S/C16H23N3O2/c1-18(2)16(21)17-14-8-6-13(7-9-14)12-15(20)19-10-4-3-5-11-19/h6-9H,3-5,10-12H2,1-2H3,(H,17,21). The average molecular weight is 289 g/mol. The Balaban J connectivity index is 1.89. The molecule has 21 heavy (non-hydrogen) atoms. The fourth-order valence-corrected chi connectivity index (χ4v) is 2.37. The predicted molar refractivity (Wildman–Crippen MR) is 83.3 cm³/mol. The number of hydrogen-bond donors (Lipinski definition) is 1. The van der Waals surface area contributed by atoms with Crippen LogP contribution in [-0.4, -0.2) is 48.9 Å². The minimum atomic E-state index is -0.160. The molecule has 114 valence electrons. The van der Waals surface area contributed by atoms with Gasteiger partial charge in [-0.1, -0.05) is 12.1 Å². The largest absolute Gasteiger partial charge is 0.342 e. The summed E-state index contributed by atoms with van der Waals surface area (Å²) in [6.45, 7) is 1.77. The highest BCUT2D eigenvalue weighted by molar-refractivity contribution is 5.89. The third-order valence-corrected chi connectivity index (χ3v) is 3.68. The van der Waals surface area contributed by atoms with E-state index in [1.54, 1.807) is 14.1 Å². The Labute approximate surface area is 125 Å². The van der Waals surface area contributed by atoms with Crippen LogP contribution < -0.4 is 5.32 Å². The van der Waals surface area contributed by atoms with E-state index >= 15 is 0 Å². The van der Waals surface area contributed by atoms with Crippen molar-refractivity contribution in [2.75, 3.05) is 32.5 Å². The molecule has 0 radical (unpaired) electrons. The molecular weight excluding hydrogens is 266 g/mol. The van der Waals surface area contributed by atoms with Crippen molar-refractivity contribution in [3.05, 3.63) is 29.8 Å². The Bertz CT molecular complexity index is 491. The monoisotopic (exact) mass is 289 g/mol. The molecule has 0 aromatic heterocycles. The first-order chi connectivity index (χ1) is 10.1. The molecule has 1 heterocycles. The number of amides is 3. The number of nitrogens with one attached hydrogen (secondary N) is 1. The first-order valence-corrected chi connectivity index (χ1v) is 7.41. The number of benzene rings is 1. The lowest BCUT2D eigenvalue weighted by Crippen LogP contribution is -2.36. The van der Waals surface area contributed by atoms with Crippen LogP contribution in [0.2, 0.25) is 0 Å². The Morgan fingerprint density at radius 2 is 1.71 bits per heavy atom. The fraction of sp³-hybridized carbons (Fsp3) is 0.500. The van der Waals surface area contributed by atoms with Crippen LogP contribution in [0.15, 0.2) is 24.3 Å². The molecule has 5 heteroatoms. The zero-order valence-corrected chi connectivity index (χ0v) is 12.8. The van der Waals surface area contributed by atoms with Crippen LogP contribution in [-0.2, 0) is 11.2 Å². The molecule has 0 saturated carbocycles. The Morgan fingerprint density at radius 1 is 1.10 bits per heavy atom. The first kappa shape index (κ1) is 15.4. The second kappa shape index (κ2) is 7.11. The van der Waals surface area contributed by atoms with Gasteiger partial charge < -0.3 is 15.1 Å².